The Bertz CT molecular complexity index is 471. The fourth-order valence-corrected chi connectivity index (χ4v) is 1.92. The zero-order chi connectivity index (χ0) is 15.0. The van der Waals surface area contributed by atoms with Crippen LogP contribution in [0.5, 0.6) is 5.75 Å². The van der Waals surface area contributed by atoms with Crippen molar-refractivity contribution >= 4 is 12.0 Å². The summed E-state index contributed by atoms with van der Waals surface area (Å²) in [7, 11) is 1.61. The van der Waals surface area contributed by atoms with Crippen molar-refractivity contribution in [2.24, 2.45) is 0 Å². The number of hydrogen-bond donors (Lipinski definition) is 2. The molecule has 0 heterocycles. The van der Waals surface area contributed by atoms with Crippen molar-refractivity contribution in [3.8, 4) is 5.75 Å². The van der Waals surface area contributed by atoms with Crippen LogP contribution in [0.1, 0.15) is 18.1 Å². The van der Waals surface area contributed by atoms with Crippen molar-refractivity contribution in [2.45, 2.75) is 13.5 Å². The third-order valence-corrected chi connectivity index (χ3v) is 2.98. The third-order valence-electron chi connectivity index (χ3n) is 2.98. The van der Waals surface area contributed by atoms with E-state index in [1.165, 1.54) is 0 Å². The molecule has 1 aromatic rings. The van der Waals surface area contributed by atoms with Crippen molar-refractivity contribution in [3.05, 3.63) is 35.4 Å². The molecule has 0 spiro atoms. The molecule has 0 atom stereocenters. The predicted molar refractivity (Wildman–Crippen MR) is 77.7 cm³/mol. The Labute approximate surface area is 119 Å². The first kappa shape index (κ1) is 16.2. The van der Waals surface area contributed by atoms with Crippen molar-refractivity contribution in [3.63, 3.8) is 0 Å². The van der Waals surface area contributed by atoms with E-state index in [4.69, 9.17) is 14.9 Å². The standard InChI is InChI=1S/C15H21NO4/c1-3-16(8-9-17)11-13-10-12(5-7-15(18)19)4-6-14(13)20-2/h4-7,10,17H,3,8-9,11H2,1-2H3,(H,18,19). The topological polar surface area (TPSA) is 70.0 Å². The zero-order valence-corrected chi connectivity index (χ0v) is 11.9. The number of rotatable bonds is 8. The molecule has 0 amide bonds. The maximum Gasteiger partial charge on any atom is 0.328 e. The molecule has 0 saturated carbocycles. The Balaban J connectivity index is 2.96. The molecule has 0 aliphatic rings. The fraction of sp³-hybridized carbons (Fsp3) is 0.400. The molecule has 5 nitrogen and oxygen atoms in total. The number of hydrogen-bond acceptors (Lipinski definition) is 4. The van der Waals surface area contributed by atoms with Gasteiger partial charge in [0.05, 0.1) is 13.7 Å². The number of aliphatic carboxylic acids is 1. The minimum atomic E-state index is -0.974. The SMILES string of the molecule is CCN(CCO)Cc1cc(C=CC(=O)O)ccc1OC. The van der Waals surface area contributed by atoms with Crippen LogP contribution in [0, 0.1) is 0 Å². The summed E-state index contributed by atoms with van der Waals surface area (Å²) >= 11 is 0. The van der Waals surface area contributed by atoms with Crippen LogP contribution in [-0.2, 0) is 11.3 Å². The minimum absolute atomic E-state index is 0.106. The highest BCUT2D eigenvalue weighted by Gasteiger charge is 2.08. The second-order valence-corrected chi connectivity index (χ2v) is 4.34. The molecular weight excluding hydrogens is 258 g/mol. The summed E-state index contributed by atoms with van der Waals surface area (Å²) in [6.07, 6.45) is 2.66. The van der Waals surface area contributed by atoms with E-state index in [0.717, 1.165) is 29.5 Å². The predicted octanol–water partition coefficient (Wildman–Crippen LogP) is 1.61. The van der Waals surface area contributed by atoms with Gasteiger partial charge in [-0.2, -0.15) is 0 Å². The van der Waals surface area contributed by atoms with Crippen molar-refractivity contribution in [1.82, 2.24) is 4.90 Å². The summed E-state index contributed by atoms with van der Waals surface area (Å²) in [6, 6.07) is 5.53. The van der Waals surface area contributed by atoms with E-state index in [2.05, 4.69) is 4.90 Å². The van der Waals surface area contributed by atoms with Gasteiger partial charge in [0.25, 0.3) is 0 Å². The number of methoxy groups -OCH3 is 1. The van der Waals surface area contributed by atoms with E-state index in [-0.39, 0.29) is 6.61 Å². The van der Waals surface area contributed by atoms with Crippen LogP contribution < -0.4 is 4.74 Å². The summed E-state index contributed by atoms with van der Waals surface area (Å²) in [5, 5.41) is 17.7. The number of aliphatic hydroxyl groups is 1. The Hall–Kier alpha value is -1.85. The van der Waals surface area contributed by atoms with Crippen molar-refractivity contribution in [1.29, 1.82) is 0 Å². The molecule has 2 N–H and O–H groups in total. The maximum absolute atomic E-state index is 10.5. The van der Waals surface area contributed by atoms with Crippen LogP contribution in [0.25, 0.3) is 6.08 Å². The number of aliphatic hydroxyl groups excluding tert-OH is 1. The van der Waals surface area contributed by atoms with E-state index >= 15 is 0 Å². The molecule has 0 bridgehead atoms. The summed E-state index contributed by atoms with van der Waals surface area (Å²) in [5.74, 6) is -0.216. The first-order chi connectivity index (χ1) is 9.60. The first-order valence-electron chi connectivity index (χ1n) is 6.51. The van der Waals surface area contributed by atoms with Gasteiger partial charge in [0.1, 0.15) is 5.75 Å². The van der Waals surface area contributed by atoms with Crippen LogP contribution in [0.15, 0.2) is 24.3 Å². The van der Waals surface area contributed by atoms with Crippen LogP contribution in [-0.4, -0.2) is 47.9 Å². The molecule has 5 heteroatoms. The lowest BCUT2D eigenvalue weighted by Crippen LogP contribution is -2.26. The normalized spacial score (nSPS) is 11.2. The number of carboxylic acid groups (broad SMARTS) is 1. The fourth-order valence-electron chi connectivity index (χ4n) is 1.92. The van der Waals surface area contributed by atoms with Crippen molar-refractivity contribution < 1.29 is 19.7 Å². The van der Waals surface area contributed by atoms with E-state index in [1.54, 1.807) is 13.2 Å². The lowest BCUT2D eigenvalue weighted by molar-refractivity contribution is -0.131. The number of carboxylic acids is 1. The van der Waals surface area contributed by atoms with Gasteiger partial charge >= 0.3 is 5.97 Å². The first-order valence-corrected chi connectivity index (χ1v) is 6.51. The number of ether oxygens (including phenoxy) is 1. The number of carbonyl (C=O) groups is 1. The molecule has 0 aliphatic heterocycles. The second kappa shape index (κ2) is 8.35. The lowest BCUT2D eigenvalue weighted by atomic mass is 10.1. The van der Waals surface area contributed by atoms with Crippen LogP contribution >= 0.6 is 0 Å². The van der Waals surface area contributed by atoms with Crippen LogP contribution in [0.4, 0.5) is 0 Å². The van der Waals surface area contributed by atoms with Crippen molar-refractivity contribution in [2.75, 3.05) is 26.8 Å². The smallest absolute Gasteiger partial charge is 0.328 e. The number of nitrogens with zero attached hydrogens (tertiary/aromatic N) is 1. The van der Waals surface area contributed by atoms with Crippen LogP contribution in [0.2, 0.25) is 0 Å². The summed E-state index contributed by atoms with van der Waals surface area (Å²) in [6.45, 7) is 4.19. The van der Waals surface area contributed by atoms with Gasteiger partial charge in [-0.05, 0) is 30.3 Å². The number of benzene rings is 1. The quantitative estimate of drug-likeness (QED) is 0.707. The zero-order valence-electron chi connectivity index (χ0n) is 11.9. The van der Waals surface area contributed by atoms with E-state index in [9.17, 15) is 4.79 Å². The second-order valence-electron chi connectivity index (χ2n) is 4.34. The van der Waals surface area contributed by atoms with Gasteiger partial charge in [-0.1, -0.05) is 13.0 Å². The van der Waals surface area contributed by atoms with E-state index in [1.807, 2.05) is 25.1 Å². The Morgan fingerprint density at radius 1 is 1.45 bits per heavy atom. The van der Waals surface area contributed by atoms with Gasteiger partial charge in [-0.25, -0.2) is 4.79 Å². The lowest BCUT2D eigenvalue weighted by Gasteiger charge is -2.20. The van der Waals surface area contributed by atoms with Gasteiger partial charge in [-0.3, -0.25) is 4.90 Å². The van der Waals surface area contributed by atoms with Gasteiger partial charge in [-0.15, -0.1) is 0 Å². The molecular formula is C15H21NO4. The molecule has 20 heavy (non-hydrogen) atoms. The van der Waals surface area contributed by atoms with E-state index < -0.39 is 5.97 Å². The summed E-state index contributed by atoms with van der Waals surface area (Å²) in [4.78, 5) is 12.6. The van der Waals surface area contributed by atoms with Gasteiger partial charge < -0.3 is 14.9 Å². The molecule has 1 rings (SSSR count). The average molecular weight is 279 g/mol. The highest BCUT2D eigenvalue weighted by atomic mass is 16.5. The van der Waals surface area contributed by atoms with E-state index in [0.29, 0.717) is 13.1 Å². The van der Waals surface area contributed by atoms with Gasteiger partial charge in [0.2, 0.25) is 0 Å². The average Bonchev–Trinajstić information content (AvgIpc) is 2.44. The molecule has 0 fully saturated rings. The minimum Gasteiger partial charge on any atom is -0.496 e. The van der Waals surface area contributed by atoms with Gasteiger partial charge in [0, 0.05) is 24.7 Å². The Morgan fingerprint density at radius 3 is 2.75 bits per heavy atom. The molecule has 110 valence electrons. The highest BCUT2D eigenvalue weighted by molar-refractivity contribution is 5.85. The van der Waals surface area contributed by atoms with Gasteiger partial charge in [0.15, 0.2) is 0 Å². The summed E-state index contributed by atoms with van der Waals surface area (Å²) < 4.78 is 5.32. The highest BCUT2D eigenvalue weighted by Crippen LogP contribution is 2.22. The molecule has 1 aromatic carbocycles. The monoisotopic (exact) mass is 279 g/mol. The largest absolute Gasteiger partial charge is 0.496 e. The number of likely N-dealkylation sites (N-methyl/N-ethyl adjacent to an activating group) is 1. The molecule has 0 aliphatic carbocycles. The van der Waals surface area contributed by atoms with Crippen LogP contribution in [0.3, 0.4) is 0 Å². The molecule has 0 radical (unpaired) electrons. The Morgan fingerprint density at radius 2 is 2.20 bits per heavy atom. The maximum atomic E-state index is 10.5. The Kier molecular flexibility index (Phi) is 6.76. The molecule has 0 unspecified atom stereocenters. The third kappa shape index (κ3) is 5.03. The summed E-state index contributed by atoms with van der Waals surface area (Å²) in [5.41, 5.74) is 1.78. The molecule has 0 aromatic heterocycles. The molecule has 0 saturated heterocycles.